The molecule has 0 saturated carbocycles. The predicted molar refractivity (Wildman–Crippen MR) is 111 cm³/mol. The van der Waals surface area contributed by atoms with E-state index in [1.54, 1.807) is 0 Å². The fraction of sp³-hybridized carbons (Fsp3) is 0.200. The standard InChI is InChI=1S/C20H20BrN3OS/c1-14-20(22-19(25)13-26-18-6-4-3-5-7-18)15(2)24(23-14)12-16-8-10-17(21)11-9-16/h3-11H,12-13H2,1-2H3,(H,22,25). The van der Waals surface area contributed by atoms with E-state index >= 15 is 0 Å². The molecule has 0 saturated heterocycles. The van der Waals surface area contributed by atoms with Gasteiger partial charge < -0.3 is 5.32 Å². The first-order valence-electron chi connectivity index (χ1n) is 8.29. The Kier molecular flexibility index (Phi) is 6.16. The van der Waals surface area contributed by atoms with E-state index in [2.05, 4.69) is 38.5 Å². The molecule has 1 aromatic heterocycles. The van der Waals surface area contributed by atoms with Gasteiger partial charge in [0.2, 0.25) is 5.91 Å². The first-order valence-corrected chi connectivity index (χ1v) is 10.1. The zero-order chi connectivity index (χ0) is 18.5. The number of anilines is 1. The number of benzene rings is 2. The summed E-state index contributed by atoms with van der Waals surface area (Å²) in [5.41, 5.74) is 3.76. The van der Waals surface area contributed by atoms with Crippen LogP contribution in [0.4, 0.5) is 5.69 Å². The number of hydrogen-bond donors (Lipinski definition) is 1. The van der Waals surface area contributed by atoms with Gasteiger partial charge in [0.15, 0.2) is 0 Å². The molecule has 3 aromatic rings. The molecule has 0 aliphatic carbocycles. The Morgan fingerprint density at radius 2 is 1.81 bits per heavy atom. The zero-order valence-electron chi connectivity index (χ0n) is 14.7. The second kappa shape index (κ2) is 8.56. The first kappa shape index (κ1) is 18.7. The minimum absolute atomic E-state index is 0.0201. The molecule has 0 aliphatic rings. The number of nitrogens with zero attached hydrogens (tertiary/aromatic N) is 2. The molecule has 3 rings (SSSR count). The van der Waals surface area contributed by atoms with Crippen LogP contribution in [0.1, 0.15) is 17.0 Å². The number of thioether (sulfide) groups is 1. The smallest absolute Gasteiger partial charge is 0.234 e. The van der Waals surface area contributed by atoms with E-state index in [-0.39, 0.29) is 5.91 Å². The molecular formula is C20H20BrN3OS. The number of carbonyl (C=O) groups is 1. The molecule has 0 aliphatic heterocycles. The van der Waals surface area contributed by atoms with Crippen molar-refractivity contribution in [2.24, 2.45) is 0 Å². The molecule has 4 nitrogen and oxygen atoms in total. The van der Waals surface area contributed by atoms with Crippen molar-refractivity contribution in [3.63, 3.8) is 0 Å². The maximum atomic E-state index is 12.3. The van der Waals surface area contributed by atoms with Gasteiger partial charge in [-0.3, -0.25) is 9.48 Å². The third-order valence-electron chi connectivity index (χ3n) is 4.00. The van der Waals surface area contributed by atoms with Crippen molar-refractivity contribution in [1.29, 1.82) is 0 Å². The Morgan fingerprint density at radius 1 is 1.12 bits per heavy atom. The summed E-state index contributed by atoms with van der Waals surface area (Å²) in [7, 11) is 0. The Labute approximate surface area is 166 Å². The lowest BCUT2D eigenvalue weighted by molar-refractivity contribution is -0.113. The van der Waals surface area contributed by atoms with Gasteiger partial charge in [-0.1, -0.05) is 46.3 Å². The number of hydrogen-bond acceptors (Lipinski definition) is 3. The van der Waals surface area contributed by atoms with Crippen LogP contribution >= 0.6 is 27.7 Å². The minimum Gasteiger partial charge on any atom is -0.322 e. The zero-order valence-corrected chi connectivity index (χ0v) is 17.1. The summed E-state index contributed by atoms with van der Waals surface area (Å²) in [6.45, 7) is 4.58. The maximum absolute atomic E-state index is 12.3. The van der Waals surface area contributed by atoms with Gasteiger partial charge in [-0.15, -0.1) is 11.8 Å². The van der Waals surface area contributed by atoms with E-state index in [9.17, 15) is 4.79 Å². The van der Waals surface area contributed by atoms with Crippen LogP contribution in [0.3, 0.4) is 0 Å². The highest BCUT2D eigenvalue weighted by molar-refractivity contribution is 9.10. The third-order valence-corrected chi connectivity index (χ3v) is 5.55. The van der Waals surface area contributed by atoms with Gasteiger partial charge in [0.25, 0.3) is 0 Å². The average molecular weight is 430 g/mol. The molecule has 0 unspecified atom stereocenters. The molecule has 2 aromatic carbocycles. The minimum atomic E-state index is -0.0201. The lowest BCUT2D eigenvalue weighted by atomic mass is 10.2. The summed E-state index contributed by atoms with van der Waals surface area (Å²) < 4.78 is 2.98. The van der Waals surface area contributed by atoms with Crippen LogP contribution in [0, 0.1) is 13.8 Å². The number of nitrogens with one attached hydrogen (secondary N) is 1. The molecule has 6 heteroatoms. The van der Waals surface area contributed by atoms with E-state index in [1.165, 1.54) is 11.8 Å². The van der Waals surface area contributed by atoms with Crippen LogP contribution in [0.15, 0.2) is 64.0 Å². The van der Waals surface area contributed by atoms with Gasteiger partial charge in [-0.2, -0.15) is 5.10 Å². The predicted octanol–water partition coefficient (Wildman–Crippen LogP) is 5.04. The SMILES string of the molecule is Cc1nn(Cc2ccc(Br)cc2)c(C)c1NC(=O)CSc1ccccc1. The number of amides is 1. The van der Waals surface area contributed by atoms with E-state index < -0.39 is 0 Å². The Hall–Kier alpha value is -2.05. The van der Waals surface area contributed by atoms with Crippen molar-refractivity contribution in [1.82, 2.24) is 9.78 Å². The van der Waals surface area contributed by atoms with Gasteiger partial charge in [0.05, 0.1) is 29.4 Å². The van der Waals surface area contributed by atoms with Gasteiger partial charge in [-0.25, -0.2) is 0 Å². The molecule has 1 N–H and O–H groups in total. The summed E-state index contributed by atoms with van der Waals surface area (Å²) >= 11 is 4.97. The van der Waals surface area contributed by atoms with Gasteiger partial charge >= 0.3 is 0 Å². The number of aryl methyl sites for hydroxylation is 1. The van der Waals surface area contributed by atoms with Gasteiger partial charge in [0, 0.05) is 9.37 Å². The Balaban J connectivity index is 1.65. The molecule has 0 atom stereocenters. The fourth-order valence-corrected chi connectivity index (χ4v) is 3.62. The van der Waals surface area contributed by atoms with Crippen LogP contribution in [0.5, 0.6) is 0 Å². The largest absolute Gasteiger partial charge is 0.322 e. The summed E-state index contributed by atoms with van der Waals surface area (Å²) in [5.74, 6) is 0.356. The second-order valence-corrected chi connectivity index (χ2v) is 7.94. The molecule has 0 radical (unpaired) electrons. The third kappa shape index (κ3) is 4.77. The number of carbonyl (C=O) groups excluding carboxylic acids is 1. The highest BCUT2D eigenvalue weighted by Gasteiger charge is 2.14. The van der Waals surface area contributed by atoms with Crippen molar-refractivity contribution in [2.45, 2.75) is 25.3 Å². The van der Waals surface area contributed by atoms with Crippen molar-refractivity contribution < 1.29 is 4.79 Å². The summed E-state index contributed by atoms with van der Waals surface area (Å²) in [6.07, 6.45) is 0. The lowest BCUT2D eigenvalue weighted by Crippen LogP contribution is -2.15. The van der Waals surface area contributed by atoms with Crippen LogP contribution < -0.4 is 5.32 Å². The first-order chi connectivity index (χ1) is 12.5. The van der Waals surface area contributed by atoms with Crippen molar-refractivity contribution in [3.05, 3.63) is 76.0 Å². The quantitative estimate of drug-likeness (QED) is 0.558. The van der Waals surface area contributed by atoms with Crippen molar-refractivity contribution >= 4 is 39.3 Å². The molecule has 134 valence electrons. The van der Waals surface area contributed by atoms with Crippen LogP contribution in [0.25, 0.3) is 0 Å². The van der Waals surface area contributed by atoms with Crippen LogP contribution in [0.2, 0.25) is 0 Å². The van der Waals surface area contributed by atoms with Crippen LogP contribution in [-0.4, -0.2) is 21.4 Å². The highest BCUT2D eigenvalue weighted by Crippen LogP contribution is 2.22. The Bertz CT molecular complexity index is 891. The molecular weight excluding hydrogens is 410 g/mol. The van der Waals surface area contributed by atoms with Gasteiger partial charge in [-0.05, 0) is 43.7 Å². The van der Waals surface area contributed by atoms with Crippen molar-refractivity contribution in [3.8, 4) is 0 Å². The number of aromatic nitrogens is 2. The Morgan fingerprint density at radius 3 is 2.50 bits per heavy atom. The molecule has 1 heterocycles. The van der Waals surface area contributed by atoms with E-state index in [4.69, 9.17) is 0 Å². The summed E-state index contributed by atoms with van der Waals surface area (Å²) in [5, 5.41) is 7.60. The maximum Gasteiger partial charge on any atom is 0.234 e. The second-order valence-electron chi connectivity index (χ2n) is 5.98. The lowest BCUT2D eigenvalue weighted by Gasteiger charge is -2.07. The molecule has 0 fully saturated rings. The normalized spacial score (nSPS) is 10.7. The molecule has 26 heavy (non-hydrogen) atoms. The number of halogens is 1. The fourth-order valence-electron chi connectivity index (χ4n) is 2.64. The molecule has 0 bridgehead atoms. The van der Waals surface area contributed by atoms with Crippen LogP contribution in [-0.2, 0) is 11.3 Å². The molecule has 0 spiro atoms. The highest BCUT2D eigenvalue weighted by atomic mass is 79.9. The van der Waals surface area contributed by atoms with Crippen molar-refractivity contribution in [2.75, 3.05) is 11.1 Å². The van der Waals surface area contributed by atoms with E-state index in [0.717, 1.165) is 32.0 Å². The average Bonchev–Trinajstić information content (AvgIpc) is 2.90. The van der Waals surface area contributed by atoms with E-state index in [0.29, 0.717) is 12.3 Å². The number of rotatable bonds is 6. The molecule has 1 amide bonds. The topological polar surface area (TPSA) is 46.9 Å². The van der Waals surface area contributed by atoms with E-state index in [1.807, 2.05) is 61.0 Å². The summed E-state index contributed by atoms with van der Waals surface area (Å²) in [6, 6.07) is 18.1. The van der Waals surface area contributed by atoms with Gasteiger partial charge in [0.1, 0.15) is 0 Å². The monoisotopic (exact) mass is 429 g/mol. The summed E-state index contributed by atoms with van der Waals surface area (Å²) in [4.78, 5) is 13.4.